The van der Waals surface area contributed by atoms with Crippen molar-refractivity contribution in [2.24, 2.45) is 5.41 Å². The fraction of sp³-hybridized carbons (Fsp3) is 0.588. The summed E-state index contributed by atoms with van der Waals surface area (Å²) >= 11 is 0. The predicted octanol–water partition coefficient (Wildman–Crippen LogP) is 4.09. The van der Waals surface area contributed by atoms with E-state index >= 15 is 0 Å². The fourth-order valence-corrected chi connectivity index (χ4v) is 1.96. The van der Waals surface area contributed by atoms with Crippen molar-refractivity contribution in [3.05, 3.63) is 29.8 Å². The molecular weight excluding hydrogens is 250 g/mol. The lowest BCUT2D eigenvalue weighted by Gasteiger charge is -2.20. The lowest BCUT2D eigenvalue weighted by molar-refractivity contribution is -0.123. The fourth-order valence-electron chi connectivity index (χ4n) is 1.96. The highest BCUT2D eigenvalue weighted by Crippen LogP contribution is 2.21. The van der Waals surface area contributed by atoms with Gasteiger partial charge in [-0.15, -0.1) is 0 Å². The molecule has 112 valence electrons. The summed E-state index contributed by atoms with van der Waals surface area (Å²) in [5, 5.41) is 3.03. The third-order valence-electron chi connectivity index (χ3n) is 2.82. The SMILES string of the molecule is CC(C)Oc1ccc(C(C)NC(=O)CC(C)(C)C)cc1. The Labute approximate surface area is 122 Å². The van der Waals surface area contributed by atoms with Crippen LogP contribution >= 0.6 is 0 Å². The molecule has 0 bridgehead atoms. The van der Waals surface area contributed by atoms with Crippen LogP contribution in [-0.4, -0.2) is 12.0 Å². The molecule has 0 saturated carbocycles. The average molecular weight is 277 g/mol. The molecule has 20 heavy (non-hydrogen) atoms. The van der Waals surface area contributed by atoms with Crippen LogP contribution in [0.4, 0.5) is 0 Å². The maximum atomic E-state index is 11.9. The first kappa shape index (κ1) is 16.5. The Bertz CT molecular complexity index is 429. The monoisotopic (exact) mass is 277 g/mol. The molecule has 1 amide bonds. The zero-order valence-corrected chi connectivity index (χ0v) is 13.5. The first-order valence-corrected chi connectivity index (χ1v) is 7.23. The Morgan fingerprint density at radius 2 is 1.70 bits per heavy atom. The van der Waals surface area contributed by atoms with Crippen molar-refractivity contribution in [3.63, 3.8) is 0 Å². The number of carbonyl (C=O) groups excluding carboxylic acids is 1. The van der Waals surface area contributed by atoms with Crippen LogP contribution in [0.2, 0.25) is 0 Å². The molecular formula is C17H27NO2. The van der Waals surface area contributed by atoms with Crippen LogP contribution in [0.5, 0.6) is 5.75 Å². The van der Waals surface area contributed by atoms with Crippen LogP contribution in [0.3, 0.4) is 0 Å². The van der Waals surface area contributed by atoms with Crippen molar-refractivity contribution < 1.29 is 9.53 Å². The summed E-state index contributed by atoms with van der Waals surface area (Å²) in [6.45, 7) is 12.2. The van der Waals surface area contributed by atoms with Crippen LogP contribution in [0.1, 0.15) is 59.6 Å². The number of carbonyl (C=O) groups is 1. The third kappa shape index (κ3) is 6.09. The maximum absolute atomic E-state index is 11.9. The summed E-state index contributed by atoms with van der Waals surface area (Å²) in [5.74, 6) is 0.949. The average Bonchev–Trinajstić information content (AvgIpc) is 2.26. The Kier molecular flexibility index (Phi) is 5.61. The molecule has 1 aromatic carbocycles. The number of hydrogen-bond acceptors (Lipinski definition) is 2. The normalized spacial score (nSPS) is 13.2. The van der Waals surface area contributed by atoms with E-state index in [4.69, 9.17) is 4.74 Å². The lowest BCUT2D eigenvalue weighted by atomic mass is 9.91. The minimum atomic E-state index is 0.0120. The Morgan fingerprint density at radius 3 is 2.15 bits per heavy atom. The molecule has 0 heterocycles. The second-order valence-electron chi connectivity index (χ2n) is 6.76. The summed E-state index contributed by atoms with van der Waals surface area (Å²) in [4.78, 5) is 11.9. The molecule has 0 aromatic heterocycles. The first-order valence-electron chi connectivity index (χ1n) is 7.23. The highest BCUT2D eigenvalue weighted by Gasteiger charge is 2.17. The minimum Gasteiger partial charge on any atom is -0.491 e. The van der Waals surface area contributed by atoms with Crippen molar-refractivity contribution in [1.29, 1.82) is 0 Å². The van der Waals surface area contributed by atoms with E-state index in [1.807, 2.05) is 45.0 Å². The van der Waals surface area contributed by atoms with E-state index in [2.05, 4.69) is 26.1 Å². The highest BCUT2D eigenvalue weighted by molar-refractivity contribution is 5.77. The molecule has 0 aliphatic carbocycles. The van der Waals surface area contributed by atoms with Crippen LogP contribution < -0.4 is 10.1 Å². The van der Waals surface area contributed by atoms with Crippen molar-refractivity contribution in [3.8, 4) is 5.75 Å². The van der Waals surface area contributed by atoms with Crippen molar-refractivity contribution in [1.82, 2.24) is 5.32 Å². The molecule has 0 fully saturated rings. The van der Waals surface area contributed by atoms with Gasteiger partial charge in [-0.3, -0.25) is 4.79 Å². The van der Waals surface area contributed by atoms with E-state index < -0.39 is 0 Å². The van der Waals surface area contributed by atoms with Crippen molar-refractivity contribution in [2.45, 2.75) is 60.1 Å². The van der Waals surface area contributed by atoms with Gasteiger partial charge in [0.1, 0.15) is 5.75 Å². The molecule has 0 spiro atoms. The summed E-state index contributed by atoms with van der Waals surface area (Å²) < 4.78 is 5.61. The van der Waals surface area contributed by atoms with E-state index in [1.54, 1.807) is 0 Å². The van der Waals surface area contributed by atoms with Gasteiger partial charge in [0.25, 0.3) is 0 Å². The van der Waals surface area contributed by atoms with Gasteiger partial charge < -0.3 is 10.1 Å². The van der Waals surface area contributed by atoms with E-state index in [-0.39, 0.29) is 23.5 Å². The third-order valence-corrected chi connectivity index (χ3v) is 2.82. The van der Waals surface area contributed by atoms with Crippen LogP contribution in [-0.2, 0) is 4.79 Å². The molecule has 0 radical (unpaired) electrons. The highest BCUT2D eigenvalue weighted by atomic mass is 16.5. The molecule has 0 aliphatic rings. The Hall–Kier alpha value is -1.51. The first-order chi connectivity index (χ1) is 9.17. The molecule has 0 aliphatic heterocycles. The largest absolute Gasteiger partial charge is 0.491 e. The Morgan fingerprint density at radius 1 is 1.15 bits per heavy atom. The molecule has 1 atom stereocenters. The number of ether oxygens (including phenoxy) is 1. The van der Waals surface area contributed by atoms with Gasteiger partial charge in [-0.1, -0.05) is 32.9 Å². The van der Waals surface area contributed by atoms with Gasteiger partial charge >= 0.3 is 0 Å². The van der Waals surface area contributed by atoms with Gasteiger partial charge in [-0.25, -0.2) is 0 Å². The van der Waals surface area contributed by atoms with E-state index in [0.29, 0.717) is 6.42 Å². The second kappa shape index (κ2) is 6.78. The summed E-state index contributed by atoms with van der Waals surface area (Å²) in [6.07, 6.45) is 0.705. The van der Waals surface area contributed by atoms with Crippen LogP contribution in [0.15, 0.2) is 24.3 Å². The van der Waals surface area contributed by atoms with E-state index in [0.717, 1.165) is 11.3 Å². The van der Waals surface area contributed by atoms with Crippen LogP contribution in [0.25, 0.3) is 0 Å². The zero-order valence-electron chi connectivity index (χ0n) is 13.5. The summed E-state index contributed by atoms with van der Waals surface area (Å²) in [6, 6.07) is 7.90. The molecule has 1 unspecified atom stereocenters. The standard InChI is InChI=1S/C17H27NO2/c1-12(2)20-15-9-7-14(8-10-15)13(3)18-16(19)11-17(4,5)6/h7-10,12-13H,11H2,1-6H3,(H,18,19). The Balaban J connectivity index is 2.59. The van der Waals surface area contributed by atoms with Gasteiger partial charge in [-0.05, 0) is 43.9 Å². The molecule has 1 rings (SSSR count). The summed E-state index contributed by atoms with van der Waals surface area (Å²) in [7, 11) is 0. The van der Waals surface area contributed by atoms with Gasteiger partial charge in [-0.2, -0.15) is 0 Å². The topological polar surface area (TPSA) is 38.3 Å². The molecule has 1 aromatic rings. The maximum Gasteiger partial charge on any atom is 0.220 e. The minimum absolute atomic E-state index is 0.0120. The lowest BCUT2D eigenvalue weighted by Crippen LogP contribution is -2.29. The summed E-state index contributed by atoms with van der Waals surface area (Å²) in [5.41, 5.74) is 1.10. The molecule has 3 nitrogen and oxygen atoms in total. The van der Waals surface area contributed by atoms with Crippen molar-refractivity contribution in [2.75, 3.05) is 0 Å². The van der Waals surface area contributed by atoms with Gasteiger partial charge in [0, 0.05) is 6.42 Å². The zero-order chi connectivity index (χ0) is 15.3. The number of nitrogens with one attached hydrogen (secondary N) is 1. The molecule has 3 heteroatoms. The van der Waals surface area contributed by atoms with Gasteiger partial charge in [0.05, 0.1) is 12.1 Å². The van der Waals surface area contributed by atoms with E-state index in [9.17, 15) is 4.79 Å². The molecule has 1 N–H and O–H groups in total. The predicted molar refractivity (Wildman–Crippen MR) is 82.8 cm³/mol. The van der Waals surface area contributed by atoms with Gasteiger partial charge in [0.2, 0.25) is 5.91 Å². The van der Waals surface area contributed by atoms with E-state index in [1.165, 1.54) is 0 Å². The molecule has 0 saturated heterocycles. The number of rotatable bonds is 5. The number of amides is 1. The van der Waals surface area contributed by atoms with Gasteiger partial charge in [0.15, 0.2) is 0 Å². The number of hydrogen-bond donors (Lipinski definition) is 1. The second-order valence-corrected chi connectivity index (χ2v) is 6.76. The quantitative estimate of drug-likeness (QED) is 0.880. The smallest absolute Gasteiger partial charge is 0.220 e. The number of benzene rings is 1. The van der Waals surface area contributed by atoms with Crippen molar-refractivity contribution >= 4 is 5.91 Å². The van der Waals surface area contributed by atoms with Crippen LogP contribution in [0, 0.1) is 5.41 Å².